The Morgan fingerprint density at radius 3 is 2.63 bits per heavy atom. The van der Waals surface area contributed by atoms with E-state index in [1.165, 1.54) is 0 Å². The summed E-state index contributed by atoms with van der Waals surface area (Å²) in [4.78, 5) is 7.12. The molecule has 0 radical (unpaired) electrons. The Labute approximate surface area is 114 Å². The van der Waals surface area contributed by atoms with Crippen LogP contribution in [0.1, 0.15) is 44.1 Å². The molecule has 1 heterocycles. The van der Waals surface area contributed by atoms with Crippen LogP contribution in [-0.4, -0.2) is 21.7 Å². The van der Waals surface area contributed by atoms with E-state index in [1.807, 2.05) is 0 Å². The van der Waals surface area contributed by atoms with E-state index in [-0.39, 0.29) is 24.5 Å². The summed E-state index contributed by atoms with van der Waals surface area (Å²) in [7, 11) is 0. The fourth-order valence-corrected chi connectivity index (χ4v) is 2.18. The number of unbranched alkanes of at least 4 members (excludes halogenated alkanes) is 1. The molecule has 19 heavy (non-hydrogen) atoms. The van der Waals surface area contributed by atoms with Gasteiger partial charge in [0.2, 0.25) is 0 Å². The van der Waals surface area contributed by atoms with Crippen LogP contribution in [0.25, 0.3) is 0 Å². The molecule has 2 rings (SSSR count). The van der Waals surface area contributed by atoms with Crippen molar-refractivity contribution in [3.63, 3.8) is 0 Å². The third-order valence-electron chi connectivity index (χ3n) is 3.44. The summed E-state index contributed by atoms with van der Waals surface area (Å²) < 4.78 is 38.2. The van der Waals surface area contributed by atoms with E-state index in [1.54, 1.807) is 0 Å². The number of hydrogen-bond acceptors (Lipinski definition) is 2. The Morgan fingerprint density at radius 1 is 1.42 bits per heavy atom. The predicted molar refractivity (Wildman–Crippen MR) is 67.1 cm³/mol. The molecule has 0 atom stereocenters. The van der Waals surface area contributed by atoms with E-state index in [4.69, 9.17) is 11.6 Å². The quantitative estimate of drug-likeness (QED) is 0.842. The third-order valence-corrected chi connectivity index (χ3v) is 3.75. The molecule has 1 saturated carbocycles. The van der Waals surface area contributed by atoms with E-state index in [0.29, 0.717) is 5.69 Å². The molecular weight excluding hydrogens is 279 g/mol. The first kappa shape index (κ1) is 14.7. The number of rotatable bonds is 6. The lowest BCUT2D eigenvalue weighted by Gasteiger charge is -2.20. The van der Waals surface area contributed by atoms with Crippen LogP contribution in [-0.2, 0) is 13.0 Å². The molecule has 0 saturated heterocycles. The van der Waals surface area contributed by atoms with Gasteiger partial charge in [-0.05, 0) is 19.3 Å². The smallest absolute Gasteiger partial charge is 0.344 e. The van der Waals surface area contributed by atoms with Gasteiger partial charge in [0.05, 0.1) is 5.69 Å². The highest BCUT2D eigenvalue weighted by Crippen LogP contribution is 2.49. The Morgan fingerprint density at radius 2 is 2.11 bits per heavy atom. The molecule has 0 unspecified atom stereocenters. The molecule has 1 aliphatic rings. The minimum absolute atomic E-state index is 0.0669. The van der Waals surface area contributed by atoms with Crippen molar-refractivity contribution >= 4 is 11.6 Å². The van der Waals surface area contributed by atoms with Gasteiger partial charge in [0.15, 0.2) is 5.15 Å². The topological polar surface area (TPSA) is 40.7 Å². The van der Waals surface area contributed by atoms with Crippen LogP contribution in [0.4, 0.5) is 13.2 Å². The first-order valence-corrected chi connectivity index (χ1v) is 6.81. The standard InChI is InChI=1S/C12H17ClF3N3/c1-2-3-4-9-18-8(10(13)19-9)7-17-11(5-6-11)12(14,15)16/h17H,2-7H2,1H3,(H,18,19). The maximum absolute atomic E-state index is 12.7. The second kappa shape index (κ2) is 5.32. The van der Waals surface area contributed by atoms with E-state index >= 15 is 0 Å². The summed E-state index contributed by atoms with van der Waals surface area (Å²) in [5.41, 5.74) is -1.19. The fraction of sp³-hybridized carbons (Fsp3) is 0.750. The first-order chi connectivity index (χ1) is 8.88. The second-order valence-corrected chi connectivity index (χ2v) is 5.35. The molecule has 1 aliphatic carbocycles. The van der Waals surface area contributed by atoms with Crippen molar-refractivity contribution in [2.24, 2.45) is 0 Å². The molecule has 1 aromatic heterocycles. The van der Waals surface area contributed by atoms with Crippen LogP contribution in [0.15, 0.2) is 0 Å². The van der Waals surface area contributed by atoms with Crippen molar-refractivity contribution in [3.05, 3.63) is 16.7 Å². The van der Waals surface area contributed by atoms with Crippen molar-refractivity contribution in [3.8, 4) is 0 Å². The van der Waals surface area contributed by atoms with Crippen LogP contribution in [0.5, 0.6) is 0 Å². The van der Waals surface area contributed by atoms with Gasteiger partial charge in [-0.15, -0.1) is 0 Å². The first-order valence-electron chi connectivity index (χ1n) is 6.43. The van der Waals surface area contributed by atoms with E-state index in [9.17, 15) is 13.2 Å². The summed E-state index contributed by atoms with van der Waals surface area (Å²) in [5.74, 6) is 0.737. The zero-order valence-electron chi connectivity index (χ0n) is 10.7. The van der Waals surface area contributed by atoms with Crippen LogP contribution in [0, 0.1) is 0 Å². The number of aryl methyl sites for hydroxylation is 1. The Balaban J connectivity index is 1.95. The third kappa shape index (κ3) is 3.23. The van der Waals surface area contributed by atoms with Crippen LogP contribution in [0.2, 0.25) is 5.15 Å². The van der Waals surface area contributed by atoms with Gasteiger partial charge < -0.3 is 4.98 Å². The van der Waals surface area contributed by atoms with E-state index in [0.717, 1.165) is 25.1 Å². The summed E-state index contributed by atoms with van der Waals surface area (Å²) in [6, 6.07) is 0. The fourth-order valence-electron chi connectivity index (χ4n) is 1.96. The predicted octanol–water partition coefficient (Wildman–Crippen LogP) is 3.59. The number of alkyl halides is 3. The Kier molecular flexibility index (Phi) is 4.11. The number of aromatic amines is 1. The minimum Gasteiger partial charge on any atom is -0.344 e. The summed E-state index contributed by atoms with van der Waals surface area (Å²) in [6.07, 6.45) is -1.17. The normalized spacial score (nSPS) is 17.7. The van der Waals surface area contributed by atoms with Gasteiger partial charge in [-0.25, -0.2) is 4.98 Å². The number of hydrogen-bond donors (Lipinski definition) is 2. The van der Waals surface area contributed by atoms with Crippen molar-refractivity contribution in [1.29, 1.82) is 0 Å². The summed E-state index contributed by atoms with van der Waals surface area (Å²) in [6.45, 7) is 2.13. The molecule has 1 fully saturated rings. The van der Waals surface area contributed by atoms with Crippen molar-refractivity contribution in [2.75, 3.05) is 0 Å². The zero-order valence-corrected chi connectivity index (χ0v) is 11.5. The molecule has 0 spiro atoms. The van der Waals surface area contributed by atoms with Gasteiger partial charge in [-0.2, -0.15) is 13.2 Å². The van der Waals surface area contributed by atoms with Gasteiger partial charge in [0.1, 0.15) is 11.4 Å². The molecule has 0 aromatic carbocycles. The number of aromatic nitrogens is 2. The molecule has 3 nitrogen and oxygen atoms in total. The highest BCUT2D eigenvalue weighted by Gasteiger charge is 2.63. The maximum atomic E-state index is 12.7. The molecule has 0 aliphatic heterocycles. The Hall–Kier alpha value is -0.750. The number of nitrogens with one attached hydrogen (secondary N) is 2. The van der Waals surface area contributed by atoms with Crippen LogP contribution >= 0.6 is 11.6 Å². The van der Waals surface area contributed by atoms with E-state index in [2.05, 4.69) is 22.2 Å². The lowest BCUT2D eigenvalue weighted by molar-refractivity contribution is -0.166. The van der Waals surface area contributed by atoms with Crippen molar-refractivity contribution in [2.45, 2.75) is 57.3 Å². The minimum atomic E-state index is -4.20. The molecule has 1 aromatic rings. The summed E-state index contributed by atoms with van der Waals surface area (Å²) in [5, 5.41) is 2.82. The van der Waals surface area contributed by atoms with Crippen LogP contribution < -0.4 is 5.32 Å². The number of H-pyrrole nitrogens is 1. The molecule has 0 bridgehead atoms. The highest BCUT2D eigenvalue weighted by molar-refractivity contribution is 6.30. The van der Waals surface area contributed by atoms with Gasteiger partial charge in [-0.3, -0.25) is 5.32 Å². The summed E-state index contributed by atoms with van der Waals surface area (Å²) >= 11 is 5.92. The van der Waals surface area contributed by atoms with E-state index < -0.39 is 11.7 Å². The largest absolute Gasteiger partial charge is 0.406 e. The van der Waals surface area contributed by atoms with Crippen LogP contribution in [0.3, 0.4) is 0 Å². The average Bonchev–Trinajstić information content (AvgIpc) is 3.04. The van der Waals surface area contributed by atoms with Crippen molar-refractivity contribution in [1.82, 2.24) is 15.3 Å². The Bertz CT molecular complexity index is 438. The lowest BCUT2D eigenvalue weighted by atomic mass is 10.2. The van der Waals surface area contributed by atoms with Gasteiger partial charge in [0, 0.05) is 13.0 Å². The number of halogens is 4. The monoisotopic (exact) mass is 295 g/mol. The number of nitrogens with zero attached hydrogens (tertiary/aromatic N) is 1. The molecule has 7 heteroatoms. The van der Waals surface area contributed by atoms with Crippen molar-refractivity contribution < 1.29 is 13.2 Å². The maximum Gasteiger partial charge on any atom is 0.406 e. The SMILES string of the molecule is CCCCc1nc(Cl)c(CNC2(C(F)(F)F)CC2)[nH]1. The zero-order chi connectivity index (χ0) is 14.1. The van der Waals surface area contributed by atoms with Gasteiger partial charge in [-0.1, -0.05) is 24.9 Å². The van der Waals surface area contributed by atoms with Gasteiger partial charge >= 0.3 is 6.18 Å². The number of imidazole rings is 1. The molecule has 108 valence electrons. The molecule has 2 N–H and O–H groups in total. The average molecular weight is 296 g/mol. The second-order valence-electron chi connectivity index (χ2n) is 4.99. The van der Waals surface area contributed by atoms with Gasteiger partial charge in [0.25, 0.3) is 0 Å². The highest BCUT2D eigenvalue weighted by atomic mass is 35.5. The molecular formula is C12H17ClF3N3. The lowest BCUT2D eigenvalue weighted by Crippen LogP contribution is -2.44. The molecule has 0 amide bonds.